The van der Waals surface area contributed by atoms with E-state index in [2.05, 4.69) is 0 Å². The molecule has 0 N–H and O–H groups in total. The lowest BCUT2D eigenvalue weighted by Crippen LogP contribution is -2.30. The Morgan fingerprint density at radius 1 is 0.946 bits per heavy atom. The van der Waals surface area contributed by atoms with Crippen molar-refractivity contribution in [3.05, 3.63) is 35.9 Å². The molecule has 1 atom stereocenters. The topological polar surface area (TPSA) is 65.1 Å². The summed E-state index contributed by atoms with van der Waals surface area (Å²) in [5.74, 6) is 1.45. The van der Waals surface area contributed by atoms with Gasteiger partial charge in [0.25, 0.3) is 0 Å². The summed E-state index contributed by atoms with van der Waals surface area (Å²) >= 11 is 0. The number of ether oxygens (including phenoxy) is 3. The number of halogens is 3. The first-order chi connectivity index (χ1) is 17.7. The summed E-state index contributed by atoms with van der Waals surface area (Å²) in [6.07, 6.45) is 7.21. The molecule has 2 aliphatic carbocycles. The average molecular weight is 523 g/mol. The quantitative estimate of drug-likeness (QED) is 0.145. The highest BCUT2D eigenvalue weighted by atomic mass is 19.4. The summed E-state index contributed by atoms with van der Waals surface area (Å²) < 4.78 is 52.8. The van der Waals surface area contributed by atoms with E-state index in [-0.39, 0.29) is 31.0 Å². The molecule has 1 aliphatic heterocycles. The molecule has 204 valence electrons. The number of carbonyl (C=O) groups is 2. The minimum Gasteiger partial charge on any atom is -0.460 e. The molecule has 0 aromatic heterocycles. The van der Waals surface area contributed by atoms with E-state index in [4.69, 9.17) is 14.2 Å². The van der Waals surface area contributed by atoms with Gasteiger partial charge in [0, 0.05) is 12.5 Å². The Labute approximate surface area is 216 Å². The lowest BCUT2D eigenvalue weighted by Gasteiger charge is -2.37. The van der Waals surface area contributed by atoms with Gasteiger partial charge in [0.05, 0.1) is 12.5 Å². The molecule has 5 nitrogen and oxygen atoms in total. The van der Waals surface area contributed by atoms with Gasteiger partial charge >= 0.3 is 18.1 Å². The molecule has 2 saturated carbocycles. The first kappa shape index (κ1) is 27.7. The molecule has 1 aromatic carbocycles. The minimum absolute atomic E-state index is 0.0357. The number of hydrogen-bond acceptors (Lipinski definition) is 5. The number of epoxide rings is 1. The molecule has 3 fully saturated rings. The van der Waals surface area contributed by atoms with Gasteiger partial charge < -0.3 is 14.2 Å². The van der Waals surface area contributed by atoms with Crippen LogP contribution >= 0.6 is 0 Å². The predicted molar refractivity (Wildman–Crippen MR) is 133 cm³/mol. The Balaban J connectivity index is 1.13. The molecule has 1 aromatic rings. The van der Waals surface area contributed by atoms with E-state index in [1.807, 2.05) is 0 Å². The van der Waals surface area contributed by atoms with Gasteiger partial charge in [-0.2, -0.15) is 13.2 Å². The van der Waals surface area contributed by atoms with Crippen molar-refractivity contribution >= 4 is 18.0 Å². The molecule has 1 saturated heterocycles. The third kappa shape index (κ3) is 9.47. The monoisotopic (exact) mass is 522 g/mol. The number of benzene rings is 1. The maximum Gasteiger partial charge on any atom is 0.389 e. The molecule has 0 spiro atoms. The van der Waals surface area contributed by atoms with E-state index in [0.717, 1.165) is 56.9 Å². The molecular weight excluding hydrogens is 485 g/mol. The molecule has 1 unspecified atom stereocenters. The fourth-order valence-corrected chi connectivity index (χ4v) is 5.76. The van der Waals surface area contributed by atoms with Crippen LogP contribution in [0.2, 0.25) is 0 Å². The first-order valence-corrected chi connectivity index (χ1v) is 13.6. The lowest BCUT2D eigenvalue weighted by atomic mass is 9.68. The van der Waals surface area contributed by atoms with E-state index in [1.54, 1.807) is 30.3 Å². The smallest absolute Gasteiger partial charge is 0.389 e. The Kier molecular flexibility index (Phi) is 9.68. The highest BCUT2D eigenvalue weighted by molar-refractivity contribution is 5.87. The first-order valence-electron chi connectivity index (χ1n) is 13.6. The largest absolute Gasteiger partial charge is 0.460 e. The third-order valence-electron chi connectivity index (χ3n) is 8.06. The molecule has 3 aliphatic rings. The van der Waals surface area contributed by atoms with Crippen molar-refractivity contribution in [2.24, 2.45) is 23.7 Å². The minimum atomic E-state index is -4.04. The van der Waals surface area contributed by atoms with E-state index in [9.17, 15) is 22.8 Å². The van der Waals surface area contributed by atoms with Crippen molar-refractivity contribution in [2.75, 3.05) is 13.2 Å². The summed E-state index contributed by atoms with van der Waals surface area (Å²) in [5.41, 5.74) is 0.801. The van der Waals surface area contributed by atoms with Crippen molar-refractivity contribution in [1.29, 1.82) is 0 Å². The van der Waals surface area contributed by atoms with Gasteiger partial charge in [0.2, 0.25) is 0 Å². The molecular formula is C29H37F3O5. The van der Waals surface area contributed by atoms with Crippen molar-refractivity contribution < 1.29 is 37.0 Å². The number of rotatable bonds is 10. The summed E-state index contributed by atoms with van der Waals surface area (Å²) in [7, 11) is 0. The molecule has 37 heavy (non-hydrogen) atoms. The lowest BCUT2D eigenvalue weighted by molar-refractivity contribution is -0.140. The van der Waals surface area contributed by atoms with Gasteiger partial charge in [-0.1, -0.05) is 31.4 Å². The summed E-state index contributed by atoms with van der Waals surface area (Å²) in [4.78, 5) is 24.4. The SMILES string of the molecule is O=C(/C=C/c1ccc(OC(=O)C2CCC(C3CCC(CCCC(F)(F)F)CC3)CC2)cc1)OCC1CO1. The molecule has 0 bridgehead atoms. The van der Waals surface area contributed by atoms with Gasteiger partial charge in [-0.15, -0.1) is 0 Å². The fraction of sp³-hybridized carbons (Fsp3) is 0.655. The van der Waals surface area contributed by atoms with Crippen molar-refractivity contribution in [3.63, 3.8) is 0 Å². The maximum atomic E-state index is 12.7. The van der Waals surface area contributed by atoms with Crippen molar-refractivity contribution in [3.8, 4) is 5.75 Å². The van der Waals surface area contributed by atoms with E-state index in [0.29, 0.717) is 36.5 Å². The van der Waals surface area contributed by atoms with Crippen LogP contribution in [0.5, 0.6) is 5.75 Å². The standard InChI is InChI=1S/C29H37F3O5/c30-29(31,32)17-1-2-20-3-8-22(9-4-20)23-10-12-24(13-11-23)28(34)37-25-14-5-21(6-15-25)7-16-27(33)36-19-26-18-35-26/h5-7,14-16,20,22-24,26H,1-4,8-13,17-19H2/b16-7+. The van der Waals surface area contributed by atoms with Gasteiger partial charge in [0.1, 0.15) is 18.5 Å². The van der Waals surface area contributed by atoms with E-state index < -0.39 is 18.6 Å². The number of carbonyl (C=O) groups excluding carboxylic acids is 2. The highest BCUT2D eigenvalue weighted by Gasteiger charge is 2.34. The Hall–Kier alpha value is -2.35. The van der Waals surface area contributed by atoms with Crippen molar-refractivity contribution in [1.82, 2.24) is 0 Å². The zero-order valence-electron chi connectivity index (χ0n) is 21.2. The maximum absolute atomic E-state index is 12.7. The van der Waals surface area contributed by atoms with Gasteiger partial charge in [0.15, 0.2) is 0 Å². The second kappa shape index (κ2) is 12.9. The van der Waals surface area contributed by atoms with Crippen molar-refractivity contribution in [2.45, 2.75) is 82.9 Å². The van der Waals surface area contributed by atoms with E-state index in [1.165, 1.54) is 6.08 Å². The van der Waals surface area contributed by atoms with Gasteiger partial charge in [-0.05, 0) is 86.5 Å². The van der Waals surface area contributed by atoms with Crippen LogP contribution in [0.25, 0.3) is 6.08 Å². The van der Waals surface area contributed by atoms with Crippen LogP contribution in [-0.4, -0.2) is 37.4 Å². The predicted octanol–water partition coefficient (Wildman–Crippen LogP) is 6.89. The van der Waals surface area contributed by atoms with Gasteiger partial charge in [-0.25, -0.2) is 4.79 Å². The number of esters is 2. The van der Waals surface area contributed by atoms with Crippen LogP contribution < -0.4 is 4.74 Å². The molecule has 0 radical (unpaired) electrons. The van der Waals surface area contributed by atoms with E-state index >= 15 is 0 Å². The Bertz CT molecular complexity index is 906. The zero-order chi connectivity index (χ0) is 26.3. The molecule has 8 heteroatoms. The summed E-state index contributed by atoms with van der Waals surface area (Å²) in [5, 5.41) is 0. The van der Waals surface area contributed by atoms with Crippen LogP contribution in [0.1, 0.15) is 76.2 Å². The Morgan fingerprint density at radius 3 is 2.16 bits per heavy atom. The fourth-order valence-electron chi connectivity index (χ4n) is 5.76. The van der Waals surface area contributed by atoms with Crippen LogP contribution in [0.15, 0.2) is 30.3 Å². The second-order valence-electron chi connectivity index (χ2n) is 10.8. The zero-order valence-corrected chi connectivity index (χ0v) is 21.2. The molecule has 4 rings (SSSR count). The second-order valence-corrected chi connectivity index (χ2v) is 10.8. The van der Waals surface area contributed by atoms with Crippen LogP contribution in [0.3, 0.4) is 0 Å². The highest BCUT2D eigenvalue weighted by Crippen LogP contribution is 2.42. The van der Waals surface area contributed by atoms with Crippen LogP contribution in [0.4, 0.5) is 13.2 Å². The Morgan fingerprint density at radius 2 is 1.57 bits per heavy atom. The van der Waals surface area contributed by atoms with Crippen LogP contribution in [-0.2, 0) is 19.1 Å². The van der Waals surface area contributed by atoms with Crippen LogP contribution in [0, 0.1) is 23.7 Å². The number of hydrogen-bond donors (Lipinski definition) is 0. The average Bonchev–Trinajstić information content (AvgIpc) is 3.71. The summed E-state index contributed by atoms with van der Waals surface area (Å²) in [6, 6.07) is 7.01. The molecule has 1 heterocycles. The summed E-state index contributed by atoms with van der Waals surface area (Å²) in [6.45, 7) is 0.911. The number of alkyl halides is 3. The third-order valence-corrected chi connectivity index (χ3v) is 8.06. The molecule has 0 amide bonds. The van der Waals surface area contributed by atoms with Gasteiger partial charge in [-0.3, -0.25) is 4.79 Å². The normalized spacial score (nSPS) is 28.1.